The van der Waals surface area contributed by atoms with E-state index in [0.29, 0.717) is 24.9 Å². The van der Waals surface area contributed by atoms with Crippen molar-refractivity contribution in [2.24, 2.45) is 0 Å². The van der Waals surface area contributed by atoms with Gasteiger partial charge in [-0.05, 0) is 43.3 Å². The highest BCUT2D eigenvalue weighted by Gasteiger charge is 2.33. The number of nitrogens with zero attached hydrogens (tertiary/aromatic N) is 2. The van der Waals surface area contributed by atoms with E-state index in [-0.39, 0.29) is 5.91 Å². The molecule has 25 heavy (non-hydrogen) atoms. The molecule has 1 aromatic carbocycles. The summed E-state index contributed by atoms with van der Waals surface area (Å²) in [4.78, 5) is 20.7. The van der Waals surface area contributed by atoms with E-state index < -0.39 is 0 Å². The number of amides is 1. The van der Waals surface area contributed by atoms with Crippen LogP contribution in [-0.4, -0.2) is 21.8 Å². The molecule has 5 heteroatoms. The summed E-state index contributed by atoms with van der Waals surface area (Å²) in [6.07, 6.45) is 2.50. The third kappa shape index (κ3) is 3.66. The SMILES string of the molecule is Cc1oc(-c2ccccc2)nc1CC(=O)N(Cc1cccs1)C1CC1. The van der Waals surface area contributed by atoms with E-state index in [1.807, 2.05) is 48.2 Å². The van der Waals surface area contributed by atoms with Gasteiger partial charge in [0.2, 0.25) is 11.8 Å². The molecule has 0 bridgehead atoms. The Morgan fingerprint density at radius 1 is 1.24 bits per heavy atom. The Balaban J connectivity index is 1.51. The molecule has 0 aliphatic heterocycles. The molecular weight excluding hydrogens is 332 g/mol. The van der Waals surface area contributed by atoms with Gasteiger partial charge < -0.3 is 9.32 Å². The normalized spacial score (nSPS) is 13.8. The van der Waals surface area contributed by atoms with Crippen LogP contribution in [0.15, 0.2) is 52.3 Å². The largest absolute Gasteiger partial charge is 0.441 e. The molecule has 0 spiro atoms. The average molecular weight is 352 g/mol. The van der Waals surface area contributed by atoms with Gasteiger partial charge in [0, 0.05) is 16.5 Å². The van der Waals surface area contributed by atoms with Crippen LogP contribution in [0.2, 0.25) is 0 Å². The maximum absolute atomic E-state index is 12.9. The molecule has 0 atom stereocenters. The highest BCUT2D eigenvalue weighted by Crippen LogP contribution is 2.30. The summed E-state index contributed by atoms with van der Waals surface area (Å²) in [6, 6.07) is 14.3. The van der Waals surface area contributed by atoms with Gasteiger partial charge in [-0.1, -0.05) is 24.3 Å². The lowest BCUT2D eigenvalue weighted by Gasteiger charge is -2.21. The first-order valence-corrected chi connectivity index (χ1v) is 9.42. The topological polar surface area (TPSA) is 46.3 Å². The van der Waals surface area contributed by atoms with Gasteiger partial charge in [0.1, 0.15) is 5.76 Å². The summed E-state index contributed by atoms with van der Waals surface area (Å²) < 4.78 is 5.78. The third-order valence-corrected chi connectivity index (χ3v) is 5.31. The van der Waals surface area contributed by atoms with Crippen molar-refractivity contribution in [3.8, 4) is 11.5 Å². The third-order valence-electron chi connectivity index (χ3n) is 4.45. The molecule has 0 N–H and O–H groups in total. The fourth-order valence-corrected chi connectivity index (χ4v) is 3.62. The van der Waals surface area contributed by atoms with E-state index in [0.717, 1.165) is 29.9 Å². The van der Waals surface area contributed by atoms with Crippen LogP contribution in [0.25, 0.3) is 11.5 Å². The van der Waals surface area contributed by atoms with E-state index >= 15 is 0 Å². The first kappa shape index (κ1) is 16.1. The van der Waals surface area contributed by atoms with Gasteiger partial charge in [0.25, 0.3) is 0 Å². The summed E-state index contributed by atoms with van der Waals surface area (Å²) in [5.74, 6) is 1.43. The number of rotatable bonds is 6. The molecule has 3 aromatic rings. The van der Waals surface area contributed by atoms with Crippen LogP contribution in [0, 0.1) is 6.92 Å². The molecule has 1 aliphatic carbocycles. The van der Waals surface area contributed by atoms with E-state index in [1.54, 1.807) is 11.3 Å². The predicted molar refractivity (Wildman–Crippen MR) is 98.3 cm³/mol. The quantitative estimate of drug-likeness (QED) is 0.659. The number of hydrogen-bond donors (Lipinski definition) is 0. The monoisotopic (exact) mass is 352 g/mol. The lowest BCUT2D eigenvalue weighted by molar-refractivity contribution is -0.131. The first-order chi connectivity index (χ1) is 12.2. The van der Waals surface area contributed by atoms with Crippen LogP contribution in [-0.2, 0) is 17.8 Å². The van der Waals surface area contributed by atoms with E-state index in [1.165, 1.54) is 4.88 Å². The fourth-order valence-electron chi connectivity index (χ4n) is 2.92. The van der Waals surface area contributed by atoms with Gasteiger partial charge >= 0.3 is 0 Å². The summed E-state index contributed by atoms with van der Waals surface area (Å²) in [6.45, 7) is 2.58. The van der Waals surface area contributed by atoms with Crippen LogP contribution in [0.3, 0.4) is 0 Å². The number of carbonyl (C=O) groups excluding carboxylic acids is 1. The van der Waals surface area contributed by atoms with Gasteiger partial charge in [0.15, 0.2) is 0 Å². The average Bonchev–Trinajstić information content (AvgIpc) is 3.21. The number of carbonyl (C=O) groups is 1. The molecule has 1 fully saturated rings. The molecule has 2 heterocycles. The van der Waals surface area contributed by atoms with Crippen LogP contribution in [0.5, 0.6) is 0 Å². The van der Waals surface area contributed by atoms with Crippen molar-refractivity contribution >= 4 is 17.2 Å². The molecule has 2 aromatic heterocycles. The van der Waals surface area contributed by atoms with Gasteiger partial charge in [-0.3, -0.25) is 4.79 Å². The molecule has 1 aliphatic rings. The second-order valence-electron chi connectivity index (χ2n) is 6.40. The number of benzene rings is 1. The van der Waals surface area contributed by atoms with Crippen molar-refractivity contribution in [1.29, 1.82) is 0 Å². The Hall–Kier alpha value is -2.40. The molecule has 0 unspecified atom stereocenters. The number of thiophene rings is 1. The summed E-state index contributed by atoms with van der Waals surface area (Å²) in [5.41, 5.74) is 1.67. The Bertz CT molecular complexity index is 851. The lowest BCUT2D eigenvalue weighted by Crippen LogP contribution is -2.33. The Kier molecular flexibility index (Phi) is 4.40. The van der Waals surface area contributed by atoms with Gasteiger partial charge in [-0.2, -0.15) is 0 Å². The van der Waals surface area contributed by atoms with Crippen molar-refractivity contribution in [3.05, 3.63) is 64.2 Å². The maximum Gasteiger partial charge on any atom is 0.229 e. The smallest absolute Gasteiger partial charge is 0.229 e. The summed E-state index contributed by atoms with van der Waals surface area (Å²) in [7, 11) is 0. The van der Waals surface area contributed by atoms with Crippen LogP contribution >= 0.6 is 11.3 Å². The molecular formula is C20H20N2O2S. The standard InChI is InChI=1S/C20H20N2O2S/c1-14-18(21-20(24-14)15-6-3-2-4-7-15)12-19(23)22(16-9-10-16)13-17-8-5-11-25-17/h2-8,11,16H,9-10,12-13H2,1H3. The van der Waals surface area contributed by atoms with Crippen molar-refractivity contribution in [1.82, 2.24) is 9.88 Å². The molecule has 4 rings (SSSR count). The number of oxazole rings is 1. The number of hydrogen-bond acceptors (Lipinski definition) is 4. The highest BCUT2D eigenvalue weighted by atomic mass is 32.1. The molecule has 0 radical (unpaired) electrons. The molecule has 0 saturated heterocycles. The zero-order valence-corrected chi connectivity index (χ0v) is 15.0. The molecule has 128 valence electrons. The lowest BCUT2D eigenvalue weighted by atomic mass is 10.2. The molecule has 1 amide bonds. The Labute approximate surface area is 151 Å². The zero-order valence-electron chi connectivity index (χ0n) is 14.1. The Morgan fingerprint density at radius 3 is 2.72 bits per heavy atom. The van der Waals surface area contributed by atoms with Crippen LogP contribution in [0.1, 0.15) is 29.2 Å². The number of aromatic nitrogens is 1. The second kappa shape index (κ2) is 6.84. The minimum Gasteiger partial charge on any atom is -0.441 e. The van der Waals surface area contributed by atoms with Crippen LogP contribution in [0.4, 0.5) is 0 Å². The van der Waals surface area contributed by atoms with Gasteiger partial charge in [-0.25, -0.2) is 4.98 Å². The van der Waals surface area contributed by atoms with E-state index in [4.69, 9.17) is 4.42 Å². The maximum atomic E-state index is 12.9. The van der Waals surface area contributed by atoms with E-state index in [2.05, 4.69) is 16.4 Å². The first-order valence-electron chi connectivity index (χ1n) is 8.54. The zero-order chi connectivity index (χ0) is 17.2. The van der Waals surface area contributed by atoms with Crippen molar-refractivity contribution in [3.63, 3.8) is 0 Å². The van der Waals surface area contributed by atoms with Gasteiger partial charge in [0.05, 0.1) is 18.7 Å². The summed E-state index contributed by atoms with van der Waals surface area (Å²) in [5, 5.41) is 2.05. The Morgan fingerprint density at radius 2 is 2.04 bits per heavy atom. The fraction of sp³-hybridized carbons (Fsp3) is 0.300. The molecule has 1 saturated carbocycles. The minimum absolute atomic E-state index is 0.131. The van der Waals surface area contributed by atoms with Crippen molar-refractivity contribution in [2.45, 2.75) is 38.8 Å². The highest BCUT2D eigenvalue weighted by molar-refractivity contribution is 7.09. The second-order valence-corrected chi connectivity index (χ2v) is 7.43. The number of aryl methyl sites for hydroxylation is 1. The van der Waals surface area contributed by atoms with E-state index in [9.17, 15) is 4.79 Å². The van der Waals surface area contributed by atoms with Gasteiger partial charge in [-0.15, -0.1) is 11.3 Å². The van der Waals surface area contributed by atoms with Crippen molar-refractivity contribution in [2.75, 3.05) is 0 Å². The van der Waals surface area contributed by atoms with Crippen LogP contribution < -0.4 is 0 Å². The summed E-state index contributed by atoms with van der Waals surface area (Å²) >= 11 is 1.70. The minimum atomic E-state index is 0.131. The molecule has 4 nitrogen and oxygen atoms in total. The van der Waals surface area contributed by atoms with Crippen molar-refractivity contribution < 1.29 is 9.21 Å². The predicted octanol–water partition coefficient (Wildman–Crippen LogP) is 4.45.